The maximum atomic E-state index is 15.0. The number of halogens is 1. The number of hydrogen-bond acceptors (Lipinski definition) is 4. The molecule has 0 fully saturated rings. The van der Waals surface area contributed by atoms with Crippen LogP contribution in [0.3, 0.4) is 0 Å². The van der Waals surface area contributed by atoms with Gasteiger partial charge in [-0.25, -0.2) is 9.37 Å². The van der Waals surface area contributed by atoms with Gasteiger partial charge in [-0.3, -0.25) is 0 Å². The number of pyridine rings is 1. The molecule has 0 bridgehead atoms. The number of rotatable bonds is 10. The molecule has 402 valence electrons. The van der Waals surface area contributed by atoms with Gasteiger partial charge in [-0.15, -0.1) is 48.1 Å². The van der Waals surface area contributed by atoms with Gasteiger partial charge in [0.2, 0.25) is 0 Å². The minimum Gasteiger partial charge on any atom is -0.509 e. The van der Waals surface area contributed by atoms with E-state index in [0.29, 0.717) is 11.5 Å². The molecule has 9 aromatic carbocycles. The summed E-state index contributed by atoms with van der Waals surface area (Å²) in [6.45, 7) is 22.4. The van der Waals surface area contributed by atoms with Crippen molar-refractivity contribution in [2.45, 2.75) is 78.6 Å². The Morgan fingerprint density at radius 1 is 0.500 bits per heavy atom. The molecule has 0 saturated heterocycles. The van der Waals surface area contributed by atoms with Gasteiger partial charge >= 0.3 is 0 Å². The van der Waals surface area contributed by atoms with Crippen LogP contribution >= 0.6 is 0 Å². The van der Waals surface area contributed by atoms with Crippen LogP contribution in [0, 0.1) is 24.6 Å². The van der Waals surface area contributed by atoms with Crippen LogP contribution in [0.1, 0.15) is 79.0 Å². The molecule has 0 aliphatic carbocycles. The molecule has 0 atom stereocenters. The predicted molar refractivity (Wildman–Crippen MR) is 329 cm³/mol. The van der Waals surface area contributed by atoms with E-state index in [1.54, 1.807) is 12.1 Å². The number of benzene rings is 9. The molecule has 0 amide bonds. The summed E-state index contributed by atoms with van der Waals surface area (Å²) in [7, 11) is -2.86. The van der Waals surface area contributed by atoms with E-state index in [4.69, 9.17) is 9.72 Å². The number of fused-ring (bicyclic) bond motifs is 4. The quantitative estimate of drug-likeness (QED) is 0.0776. The first-order valence-corrected chi connectivity index (χ1v) is 29.3. The molecular weight excluding hydrogens is 1180 g/mol. The van der Waals surface area contributed by atoms with Gasteiger partial charge in [-0.05, 0) is 113 Å². The van der Waals surface area contributed by atoms with Crippen molar-refractivity contribution in [3.05, 3.63) is 260 Å². The number of aromatic nitrogens is 2. The van der Waals surface area contributed by atoms with Crippen molar-refractivity contribution in [3.8, 4) is 28.4 Å². The Labute approximate surface area is 486 Å². The van der Waals surface area contributed by atoms with E-state index in [1.165, 1.54) is 43.5 Å². The largest absolute Gasteiger partial charge is 0.509 e. The monoisotopic (exact) mass is 1240 g/mol. The first-order chi connectivity index (χ1) is 37.9. The molecule has 11 aromatic rings. The molecule has 8 heteroatoms. The SMILES string of the molecule is CC(C)(C)c1cc(N2[CH-]N(c3[c-]c(Oc4[c-]c5c(cc4)c4cc([Si](c6ccccc6)(c6ccccc6)c6ccccc6)ccc4n5-c4cc(C(C)(C)C)ccn4)ccc3)c3cccc(-c4cccc(F)c4)c32)cc(C(C)(C)C)c1.[Pt]. The molecule has 12 rings (SSSR count). The Morgan fingerprint density at radius 3 is 1.71 bits per heavy atom. The molecule has 5 nitrogen and oxygen atoms in total. The second-order valence-corrected chi connectivity index (χ2v) is 27.8. The average molecular weight is 1240 g/mol. The molecule has 2 aromatic heterocycles. The van der Waals surface area contributed by atoms with Crippen LogP contribution < -0.4 is 35.3 Å². The Balaban J connectivity index is 0.00000675. The molecule has 1 aliphatic heterocycles. The van der Waals surface area contributed by atoms with Crippen molar-refractivity contribution in [3.63, 3.8) is 0 Å². The molecule has 1 aliphatic rings. The number of nitrogens with zero attached hydrogens (tertiary/aromatic N) is 4. The van der Waals surface area contributed by atoms with E-state index >= 15 is 4.39 Å². The fourth-order valence-corrected chi connectivity index (χ4v) is 16.2. The minimum atomic E-state index is -2.86. The predicted octanol–water partition coefficient (Wildman–Crippen LogP) is 16.1. The molecule has 0 N–H and O–H groups in total. The number of ether oxygens (including phenoxy) is 1. The normalized spacial score (nSPS) is 12.9. The summed E-state index contributed by atoms with van der Waals surface area (Å²) in [5, 5.41) is 7.38. The van der Waals surface area contributed by atoms with Gasteiger partial charge in [0.15, 0.2) is 8.07 Å². The smallest absolute Gasteiger partial charge is 0.179 e. The summed E-state index contributed by atoms with van der Waals surface area (Å²) in [5.41, 5.74) is 10.7. The molecular formula is C72H64FN4OPtSi-3. The van der Waals surface area contributed by atoms with Crippen molar-refractivity contribution < 1.29 is 30.2 Å². The summed E-state index contributed by atoms with van der Waals surface area (Å²) >= 11 is 0. The average Bonchev–Trinajstić information content (AvgIpc) is 4.15. The van der Waals surface area contributed by atoms with Gasteiger partial charge in [0.05, 0.1) is 0 Å². The van der Waals surface area contributed by atoms with E-state index in [2.05, 4.69) is 259 Å². The van der Waals surface area contributed by atoms with Gasteiger partial charge < -0.3 is 19.1 Å². The Kier molecular flexibility index (Phi) is 14.2. The third kappa shape index (κ3) is 9.90. The van der Waals surface area contributed by atoms with Gasteiger partial charge in [0.25, 0.3) is 0 Å². The van der Waals surface area contributed by atoms with E-state index in [0.717, 1.165) is 61.5 Å². The van der Waals surface area contributed by atoms with Gasteiger partial charge in [-0.2, -0.15) is 12.1 Å². The third-order valence-electron chi connectivity index (χ3n) is 15.6. The molecule has 0 spiro atoms. The standard InChI is InChI=1S/C72H64FN4OSi.Pt/c1-70(2,3)50-38-39-74-68(44-50)77-65-37-35-61(79(58-26-13-10-14-27-58,59-28-15-11-16-29-59)60-30-17-12-18-31-60)47-64(65)63-36-34-57(46-67(63)77)78-56-25-20-24-54(45-56)75-48-76(55-42-51(71(4,5)6)41-52(43-55)72(7,8)9)69-62(32-21-33-66(69)75)49-22-19-23-53(73)40-49;/h10-44,47-48H,1-9H3;/q-3;. The van der Waals surface area contributed by atoms with Crippen LogP contribution in [0.2, 0.25) is 0 Å². The van der Waals surface area contributed by atoms with Crippen LogP contribution in [0.15, 0.2) is 219 Å². The zero-order valence-corrected chi connectivity index (χ0v) is 50.0. The van der Waals surface area contributed by atoms with Crippen molar-refractivity contribution in [1.82, 2.24) is 9.55 Å². The molecule has 3 heterocycles. The van der Waals surface area contributed by atoms with Crippen LogP contribution in [-0.2, 0) is 37.3 Å². The van der Waals surface area contributed by atoms with E-state index in [-0.39, 0.29) is 43.1 Å². The summed E-state index contributed by atoms with van der Waals surface area (Å²) in [4.78, 5) is 9.47. The fraction of sp³-hybridized carbons (Fsp3) is 0.167. The Hall–Kier alpha value is -7.83. The number of hydrogen-bond donors (Lipinski definition) is 0. The second-order valence-electron chi connectivity index (χ2n) is 24.0. The van der Waals surface area contributed by atoms with Crippen LogP contribution in [0.4, 0.5) is 27.1 Å². The maximum Gasteiger partial charge on any atom is 0.179 e. The minimum absolute atomic E-state index is 0. The first kappa shape index (κ1) is 54.1. The molecule has 0 unspecified atom stereocenters. The van der Waals surface area contributed by atoms with E-state index < -0.39 is 8.07 Å². The molecule has 0 saturated carbocycles. The van der Waals surface area contributed by atoms with Gasteiger partial charge in [0, 0.05) is 66.9 Å². The van der Waals surface area contributed by atoms with Crippen LogP contribution in [-0.4, -0.2) is 17.6 Å². The van der Waals surface area contributed by atoms with Gasteiger partial charge in [-0.1, -0.05) is 201 Å². The first-order valence-electron chi connectivity index (χ1n) is 27.3. The maximum absolute atomic E-state index is 15.0. The molecule has 0 radical (unpaired) electrons. The van der Waals surface area contributed by atoms with Crippen molar-refractivity contribution >= 4 is 73.4 Å². The summed E-state index contributed by atoms with van der Waals surface area (Å²) in [6, 6.07) is 82.2. The second kappa shape index (κ2) is 21.0. The van der Waals surface area contributed by atoms with Gasteiger partial charge in [0.1, 0.15) is 11.6 Å². The summed E-state index contributed by atoms with van der Waals surface area (Å²) in [5.74, 6) is 1.62. The zero-order chi connectivity index (χ0) is 54.8. The summed E-state index contributed by atoms with van der Waals surface area (Å²) in [6.07, 6.45) is 1.92. The van der Waals surface area contributed by atoms with Crippen molar-refractivity contribution in [1.29, 1.82) is 0 Å². The zero-order valence-electron chi connectivity index (χ0n) is 46.8. The third-order valence-corrected chi connectivity index (χ3v) is 20.4. The topological polar surface area (TPSA) is 33.5 Å². The van der Waals surface area contributed by atoms with Crippen molar-refractivity contribution in [2.24, 2.45) is 0 Å². The van der Waals surface area contributed by atoms with E-state index in [9.17, 15) is 0 Å². The Bertz CT molecular complexity index is 3940. The van der Waals surface area contributed by atoms with E-state index in [1.807, 2.05) is 36.5 Å². The van der Waals surface area contributed by atoms with Crippen molar-refractivity contribution in [2.75, 3.05) is 9.80 Å². The van der Waals surface area contributed by atoms with Crippen LogP contribution in [0.5, 0.6) is 11.5 Å². The number of para-hydroxylation sites is 1. The Morgan fingerprint density at radius 2 is 1.10 bits per heavy atom. The summed E-state index contributed by atoms with van der Waals surface area (Å²) < 4.78 is 24.2. The number of anilines is 4. The fourth-order valence-electron chi connectivity index (χ4n) is 11.4. The molecule has 80 heavy (non-hydrogen) atoms. The van der Waals surface area contributed by atoms with Crippen LogP contribution in [0.25, 0.3) is 38.8 Å².